The summed E-state index contributed by atoms with van der Waals surface area (Å²) < 4.78 is 13.9. The number of carbonyl (C=O) groups excluding carboxylic acids is 2. The summed E-state index contributed by atoms with van der Waals surface area (Å²) in [6.07, 6.45) is 2.89. The van der Waals surface area contributed by atoms with E-state index in [0.717, 1.165) is 30.0 Å². The zero-order valence-corrected chi connectivity index (χ0v) is 15.1. The Morgan fingerprint density at radius 2 is 1.93 bits per heavy atom. The molecule has 3 aromatic rings. The van der Waals surface area contributed by atoms with E-state index in [1.807, 2.05) is 12.1 Å². The molecule has 1 fully saturated rings. The molecular weight excluding hydrogens is 365 g/mol. The quantitative estimate of drug-likeness (QED) is 0.732. The minimum Gasteiger partial charge on any atom is -0.321 e. The summed E-state index contributed by atoms with van der Waals surface area (Å²) in [6.45, 7) is 0.726. The van der Waals surface area contributed by atoms with Gasteiger partial charge in [0.05, 0.1) is 6.20 Å². The maximum absolute atomic E-state index is 13.9. The molecule has 0 unspecified atom stereocenters. The predicted octanol–water partition coefficient (Wildman–Crippen LogP) is 4.33. The van der Waals surface area contributed by atoms with Crippen LogP contribution in [0.3, 0.4) is 0 Å². The Labute approximate surface area is 159 Å². The maximum atomic E-state index is 13.9. The van der Waals surface area contributed by atoms with Crippen molar-refractivity contribution in [3.63, 3.8) is 0 Å². The van der Waals surface area contributed by atoms with Gasteiger partial charge >= 0.3 is 0 Å². The fourth-order valence-corrected chi connectivity index (χ4v) is 3.82. The lowest BCUT2D eigenvalue weighted by atomic mass is 10.2. The van der Waals surface area contributed by atoms with Gasteiger partial charge in [-0.05, 0) is 42.8 Å². The monoisotopic (exact) mass is 381 g/mol. The Morgan fingerprint density at radius 1 is 1.15 bits per heavy atom. The van der Waals surface area contributed by atoms with Gasteiger partial charge in [0.25, 0.3) is 5.91 Å². The van der Waals surface area contributed by atoms with Crippen LogP contribution in [0, 0.1) is 5.82 Å². The van der Waals surface area contributed by atoms with Crippen LogP contribution in [0.2, 0.25) is 0 Å². The number of hydrogen-bond acceptors (Lipinski definition) is 4. The average molecular weight is 381 g/mol. The Morgan fingerprint density at radius 3 is 2.63 bits per heavy atom. The van der Waals surface area contributed by atoms with Gasteiger partial charge in [0.15, 0.2) is 0 Å². The second-order valence-electron chi connectivity index (χ2n) is 6.16. The molecule has 2 aromatic carbocycles. The molecule has 5 nitrogen and oxygen atoms in total. The van der Waals surface area contributed by atoms with Gasteiger partial charge in [0.1, 0.15) is 15.7 Å². The highest BCUT2D eigenvalue weighted by molar-refractivity contribution is 7.17. The Hall–Kier alpha value is -3.06. The first-order valence-corrected chi connectivity index (χ1v) is 9.36. The Balaban J connectivity index is 1.47. The molecule has 1 N–H and O–H groups in total. The standard InChI is InChI=1S/C20H16FN3O2S/c21-16-5-2-1-4-15(16)20-22-12-17(27-20)19(26)23-13-7-9-14(10-8-13)24-11-3-6-18(24)25/h1-2,4-5,7-10,12H,3,6,11H2,(H,23,26). The normalized spacial score (nSPS) is 13.8. The fourth-order valence-electron chi connectivity index (χ4n) is 2.98. The minimum atomic E-state index is -0.370. The SMILES string of the molecule is O=C(Nc1ccc(N2CCCC2=O)cc1)c1cnc(-c2ccccc2F)s1. The second kappa shape index (κ2) is 7.28. The predicted molar refractivity (Wildman–Crippen MR) is 103 cm³/mol. The number of nitrogens with zero attached hydrogens (tertiary/aromatic N) is 2. The Bertz CT molecular complexity index is 1000. The number of anilines is 2. The van der Waals surface area contributed by atoms with Crippen molar-refractivity contribution in [3.05, 3.63) is 65.4 Å². The topological polar surface area (TPSA) is 62.3 Å². The molecule has 7 heteroatoms. The maximum Gasteiger partial charge on any atom is 0.267 e. The van der Waals surface area contributed by atoms with E-state index in [9.17, 15) is 14.0 Å². The summed E-state index contributed by atoms with van der Waals surface area (Å²) in [5.41, 5.74) is 1.83. The van der Waals surface area contributed by atoms with E-state index in [1.165, 1.54) is 12.3 Å². The summed E-state index contributed by atoms with van der Waals surface area (Å²) in [5, 5.41) is 3.26. The smallest absolute Gasteiger partial charge is 0.267 e. The first-order chi connectivity index (χ1) is 13.1. The molecule has 0 bridgehead atoms. The van der Waals surface area contributed by atoms with Gasteiger partial charge in [-0.2, -0.15) is 0 Å². The van der Waals surface area contributed by atoms with Gasteiger partial charge in [-0.3, -0.25) is 9.59 Å². The van der Waals surface area contributed by atoms with Crippen molar-refractivity contribution in [2.24, 2.45) is 0 Å². The molecule has 0 radical (unpaired) electrons. The van der Waals surface area contributed by atoms with Crippen LogP contribution in [0.25, 0.3) is 10.6 Å². The van der Waals surface area contributed by atoms with Crippen LogP contribution in [-0.4, -0.2) is 23.3 Å². The van der Waals surface area contributed by atoms with Crippen molar-refractivity contribution in [3.8, 4) is 10.6 Å². The van der Waals surface area contributed by atoms with Crippen LogP contribution < -0.4 is 10.2 Å². The van der Waals surface area contributed by atoms with E-state index in [-0.39, 0.29) is 17.6 Å². The molecule has 1 aliphatic rings. The number of benzene rings is 2. The van der Waals surface area contributed by atoms with Crippen LogP contribution in [-0.2, 0) is 4.79 Å². The Kier molecular flexibility index (Phi) is 4.68. The fraction of sp³-hybridized carbons (Fsp3) is 0.150. The van der Waals surface area contributed by atoms with Crippen LogP contribution in [0.15, 0.2) is 54.7 Å². The lowest BCUT2D eigenvalue weighted by Gasteiger charge is -2.16. The molecule has 0 spiro atoms. The van der Waals surface area contributed by atoms with Crippen molar-refractivity contribution in [2.45, 2.75) is 12.8 Å². The molecule has 4 rings (SSSR count). The van der Waals surface area contributed by atoms with Gasteiger partial charge < -0.3 is 10.2 Å². The third-order valence-corrected chi connectivity index (χ3v) is 5.37. The molecule has 1 aromatic heterocycles. The molecule has 1 aliphatic heterocycles. The number of nitrogens with one attached hydrogen (secondary N) is 1. The average Bonchev–Trinajstić information content (AvgIpc) is 3.32. The number of aromatic nitrogens is 1. The molecule has 0 saturated carbocycles. The van der Waals surface area contributed by atoms with E-state index < -0.39 is 0 Å². The van der Waals surface area contributed by atoms with Crippen molar-refractivity contribution in [1.82, 2.24) is 4.98 Å². The zero-order chi connectivity index (χ0) is 18.8. The summed E-state index contributed by atoms with van der Waals surface area (Å²) >= 11 is 1.14. The lowest BCUT2D eigenvalue weighted by Crippen LogP contribution is -2.23. The zero-order valence-electron chi connectivity index (χ0n) is 14.3. The largest absolute Gasteiger partial charge is 0.321 e. The molecule has 0 atom stereocenters. The highest BCUT2D eigenvalue weighted by atomic mass is 32.1. The first kappa shape index (κ1) is 17.4. The molecule has 27 heavy (non-hydrogen) atoms. The third kappa shape index (κ3) is 3.59. The van der Waals surface area contributed by atoms with Gasteiger partial charge in [0, 0.05) is 29.9 Å². The van der Waals surface area contributed by atoms with Gasteiger partial charge in [-0.15, -0.1) is 11.3 Å². The molecular formula is C20H16FN3O2S. The van der Waals surface area contributed by atoms with Gasteiger partial charge in [-0.1, -0.05) is 12.1 Å². The summed E-state index contributed by atoms with van der Waals surface area (Å²) in [6, 6.07) is 13.5. The van der Waals surface area contributed by atoms with E-state index in [2.05, 4.69) is 10.3 Å². The number of halogens is 1. The van der Waals surface area contributed by atoms with Gasteiger partial charge in [0.2, 0.25) is 5.91 Å². The first-order valence-electron chi connectivity index (χ1n) is 8.54. The second-order valence-corrected chi connectivity index (χ2v) is 7.19. The van der Waals surface area contributed by atoms with Crippen LogP contribution in [0.5, 0.6) is 0 Å². The van der Waals surface area contributed by atoms with Gasteiger partial charge in [-0.25, -0.2) is 9.37 Å². The molecule has 136 valence electrons. The van der Waals surface area contributed by atoms with E-state index in [1.54, 1.807) is 35.2 Å². The van der Waals surface area contributed by atoms with Crippen molar-refractivity contribution in [1.29, 1.82) is 0 Å². The molecule has 2 amide bonds. The third-order valence-electron chi connectivity index (χ3n) is 4.34. The number of hydrogen-bond donors (Lipinski definition) is 1. The number of carbonyl (C=O) groups is 2. The van der Waals surface area contributed by atoms with Crippen molar-refractivity contribution >= 4 is 34.5 Å². The number of amides is 2. The minimum absolute atomic E-state index is 0.122. The molecule has 0 aliphatic carbocycles. The van der Waals surface area contributed by atoms with Crippen LogP contribution in [0.4, 0.5) is 15.8 Å². The van der Waals surface area contributed by atoms with E-state index >= 15 is 0 Å². The number of rotatable bonds is 4. The highest BCUT2D eigenvalue weighted by Gasteiger charge is 2.21. The number of thiazole rings is 1. The molecule has 1 saturated heterocycles. The summed E-state index contributed by atoms with van der Waals surface area (Å²) in [7, 11) is 0. The van der Waals surface area contributed by atoms with Crippen LogP contribution in [0.1, 0.15) is 22.5 Å². The summed E-state index contributed by atoms with van der Waals surface area (Å²) in [4.78, 5) is 30.5. The van der Waals surface area contributed by atoms with E-state index in [0.29, 0.717) is 27.6 Å². The summed E-state index contributed by atoms with van der Waals surface area (Å²) in [5.74, 6) is -0.553. The van der Waals surface area contributed by atoms with Crippen molar-refractivity contribution < 1.29 is 14.0 Å². The van der Waals surface area contributed by atoms with E-state index in [4.69, 9.17) is 0 Å². The highest BCUT2D eigenvalue weighted by Crippen LogP contribution is 2.28. The van der Waals surface area contributed by atoms with Crippen molar-refractivity contribution in [2.75, 3.05) is 16.8 Å². The lowest BCUT2D eigenvalue weighted by molar-refractivity contribution is -0.117. The van der Waals surface area contributed by atoms with Crippen LogP contribution >= 0.6 is 11.3 Å². The molecule has 2 heterocycles.